The minimum Gasteiger partial charge on any atom is -0.370 e. The first-order chi connectivity index (χ1) is 8.13. The van der Waals surface area contributed by atoms with Crippen molar-refractivity contribution in [2.75, 3.05) is 0 Å². The van der Waals surface area contributed by atoms with Crippen molar-refractivity contribution in [3.63, 3.8) is 0 Å². The quantitative estimate of drug-likeness (QED) is 0.848. The highest BCUT2D eigenvalue weighted by Gasteiger charge is 2.04. The number of rotatable bonds is 5. The van der Waals surface area contributed by atoms with Crippen molar-refractivity contribution in [2.24, 2.45) is 5.73 Å². The van der Waals surface area contributed by atoms with E-state index >= 15 is 0 Å². The van der Waals surface area contributed by atoms with Gasteiger partial charge in [0, 0.05) is 13.0 Å². The molecule has 0 heterocycles. The Morgan fingerprint density at radius 2 is 2.12 bits per heavy atom. The van der Waals surface area contributed by atoms with E-state index in [0.717, 1.165) is 12.8 Å². The second-order valence-electron chi connectivity index (χ2n) is 4.02. The van der Waals surface area contributed by atoms with Crippen molar-refractivity contribution in [2.45, 2.75) is 39.0 Å². The molecule has 1 atom stereocenters. The minimum atomic E-state index is -0.232. The molecule has 0 aliphatic carbocycles. The Morgan fingerprint density at radius 1 is 1.47 bits per heavy atom. The Balaban J connectivity index is 0.00000121. The zero-order valence-electron chi connectivity index (χ0n) is 10.5. The molecule has 0 spiro atoms. The first-order valence-corrected chi connectivity index (χ1v) is 5.76. The summed E-state index contributed by atoms with van der Waals surface area (Å²) in [5.41, 5.74) is 7.67. The van der Waals surface area contributed by atoms with Gasteiger partial charge in [0.25, 0.3) is 0 Å². The molecule has 92 valence electrons. The van der Waals surface area contributed by atoms with Crippen LogP contribution in [-0.4, -0.2) is 5.91 Å². The van der Waals surface area contributed by atoms with Crippen LogP contribution in [0.3, 0.4) is 0 Å². The average Bonchev–Trinajstić information content (AvgIpc) is 2.38. The maximum absolute atomic E-state index is 10.7. The molecule has 0 aliphatic rings. The number of benzene rings is 1. The van der Waals surface area contributed by atoms with Crippen LogP contribution in [0, 0.1) is 11.8 Å². The third-order valence-corrected chi connectivity index (χ3v) is 2.79. The molecule has 3 nitrogen and oxygen atoms in total. The normalized spacial score (nSPS) is 11.1. The predicted molar refractivity (Wildman–Crippen MR) is 69.3 cm³/mol. The molecule has 17 heavy (non-hydrogen) atoms. The molecule has 1 unspecified atom stereocenters. The molecule has 0 radical (unpaired) electrons. The smallest absolute Gasteiger partial charge is 0.217 e. The largest absolute Gasteiger partial charge is 0.370 e. The molecule has 0 aliphatic heterocycles. The van der Waals surface area contributed by atoms with Crippen LogP contribution in [0.15, 0.2) is 24.3 Å². The molecule has 1 amide bonds. The number of nitrogens with zero attached hydrogens (tertiary/aromatic N) is 1. The minimum absolute atomic E-state index is 0.232. The lowest BCUT2D eigenvalue weighted by Crippen LogP contribution is -2.11. The van der Waals surface area contributed by atoms with E-state index in [9.17, 15) is 4.79 Å². The summed E-state index contributed by atoms with van der Waals surface area (Å²) in [6.45, 7) is 7.90. The standard InChI is InChI=1S/C13H19NO.CHN/c1-3-10(2)12-6-4-5-11(9-12)7-8-13(14)15;1-2/h4-6,9-10H,3,7-8H2,1-2H3,(H2,14,15);1H. The molecule has 0 saturated carbocycles. The molecule has 0 bridgehead atoms. The third kappa shape index (κ3) is 5.72. The van der Waals surface area contributed by atoms with Gasteiger partial charge in [-0.3, -0.25) is 4.79 Å². The van der Waals surface area contributed by atoms with Gasteiger partial charge in [0.2, 0.25) is 5.91 Å². The van der Waals surface area contributed by atoms with E-state index in [4.69, 9.17) is 11.0 Å². The number of hydrogen-bond acceptors (Lipinski definition) is 2. The third-order valence-electron chi connectivity index (χ3n) is 2.79. The Bertz CT molecular complexity index is 371. The highest BCUT2D eigenvalue weighted by molar-refractivity contribution is 5.74. The molecule has 0 saturated heterocycles. The number of carbonyl (C=O) groups excluding carboxylic acids is 1. The van der Waals surface area contributed by atoms with Gasteiger partial charge in [-0.2, -0.15) is 0 Å². The monoisotopic (exact) mass is 232 g/mol. The Hall–Kier alpha value is -1.82. The van der Waals surface area contributed by atoms with E-state index in [1.54, 1.807) is 0 Å². The van der Waals surface area contributed by atoms with Crippen LogP contribution in [0.2, 0.25) is 0 Å². The zero-order valence-corrected chi connectivity index (χ0v) is 10.5. The molecule has 2 N–H and O–H groups in total. The Kier molecular flexibility index (Phi) is 7.45. The van der Waals surface area contributed by atoms with Crippen LogP contribution in [0.1, 0.15) is 43.7 Å². The number of aryl methyl sites for hydroxylation is 1. The average molecular weight is 232 g/mol. The van der Waals surface area contributed by atoms with E-state index in [1.165, 1.54) is 11.1 Å². The summed E-state index contributed by atoms with van der Waals surface area (Å²) in [6, 6.07) is 8.42. The van der Waals surface area contributed by atoms with Gasteiger partial charge >= 0.3 is 0 Å². The molecule has 1 aromatic carbocycles. The zero-order chi connectivity index (χ0) is 13.3. The van der Waals surface area contributed by atoms with Crippen molar-refractivity contribution in [1.82, 2.24) is 0 Å². The maximum Gasteiger partial charge on any atom is 0.217 e. The molecule has 0 aromatic heterocycles. The lowest BCUT2D eigenvalue weighted by Gasteiger charge is -2.10. The molecule has 3 heteroatoms. The fourth-order valence-corrected chi connectivity index (χ4v) is 1.56. The van der Waals surface area contributed by atoms with Gasteiger partial charge in [0.1, 0.15) is 0 Å². The highest BCUT2D eigenvalue weighted by atomic mass is 16.1. The van der Waals surface area contributed by atoms with Crippen LogP contribution in [-0.2, 0) is 11.2 Å². The lowest BCUT2D eigenvalue weighted by molar-refractivity contribution is -0.117. The number of nitriles is 1. The fourth-order valence-electron chi connectivity index (χ4n) is 1.56. The van der Waals surface area contributed by atoms with Crippen LogP contribution in [0.5, 0.6) is 0 Å². The second kappa shape index (κ2) is 8.35. The van der Waals surface area contributed by atoms with Gasteiger partial charge in [0.05, 0.1) is 0 Å². The van der Waals surface area contributed by atoms with Crippen LogP contribution in [0.4, 0.5) is 0 Å². The number of hydrogen-bond donors (Lipinski definition) is 1. The molecule has 1 rings (SSSR count). The summed E-state index contributed by atoms with van der Waals surface area (Å²) in [6.07, 6.45) is 2.32. The number of carbonyl (C=O) groups is 1. The molecular weight excluding hydrogens is 212 g/mol. The van der Waals surface area contributed by atoms with Crippen LogP contribution >= 0.6 is 0 Å². The van der Waals surface area contributed by atoms with E-state index in [0.29, 0.717) is 12.3 Å². The maximum atomic E-state index is 10.7. The fraction of sp³-hybridized carbons (Fsp3) is 0.429. The van der Waals surface area contributed by atoms with E-state index in [2.05, 4.69) is 44.7 Å². The van der Waals surface area contributed by atoms with Gasteiger partial charge in [-0.15, -0.1) is 0 Å². The SMILES string of the molecule is C#N.CCC(C)c1cccc(CCC(N)=O)c1. The van der Waals surface area contributed by atoms with Crippen LogP contribution in [0.25, 0.3) is 0 Å². The van der Waals surface area contributed by atoms with Gasteiger partial charge in [-0.25, -0.2) is 5.26 Å². The molecule has 0 fully saturated rings. The summed E-state index contributed by atoms with van der Waals surface area (Å²) in [7, 11) is 0. The van der Waals surface area contributed by atoms with E-state index < -0.39 is 0 Å². The molecule has 1 aromatic rings. The topological polar surface area (TPSA) is 66.9 Å². The Morgan fingerprint density at radius 3 is 2.65 bits per heavy atom. The summed E-state index contributed by atoms with van der Waals surface area (Å²) >= 11 is 0. The summed E-state index contributed by atoms with van der Waals surface area (Å²) < 4.78 is 0. The van der Waals surface area contributed by atoms with Crippen molar-refractivity contribution < 1.29 is 4.79 Å². The van der Waals surface area contributed by atoms with E-state index in [-0.39, 0.29) is 5.91 Å². The van der Waals surface area contributed by atoms with Crippen molar-refractivity contribution in [3.05, 3.63) is 35.4 Å². The first kappa shape index (κ1) is 15.2. The lowest BCUT2D eigenvalue weighted by atomic mass is 9.96. The number of nitrogens with two attached hydrogens (primary N) is 1. The summed E-state index contributed by atoms with van der Waals surface area (Å²) in [4.78, 5) is 10.7. The number of amides is 1. The van der Waals surface area contributed by atoms with Gasteiger partial charge in [-0.05, 0) is 29.9 Å². The van der Waals surface area contributed by atoms with Crippen molar-refractivity contribution in [1.29, 1.82) is 5.26 Å². The van der Waals surface area contributed by atoms with Gasteiger partial charge < -0.3 is 5.73 Å². The summed E-state index contributed by atoms with van der Waals surface area (Å²) in [5.74, 6) is 0.350. The first-order valence-electron chi connectivity index (χ1n) is 5.76. The molecular formula is C14H20N2O. The van der Waals surface area contributed by atoms with Crippen LogP contribution < -0.4 is 5.73 Å². The second-order valence-corrected chi connectivity index (χ2v) is 4.02. The Labute approximate surface area is 103 Å². The van der Waals surface area contributed by atoms with Crippen molar-refractivity contribution >= 4 is 5.91 Å². The number of primary amides is 1. The highest BCUT2D eigenvalue weighted by Crippen LogP contribution is 2.19. The van der Waals surface area contributed by atoms with Gasteiger partial charge in [0.15, 0.2) is 0 Å². The van der Waals surface area contributed by atoms with E-state index in [1.807, 2.05) is 0 Å². The van der Waals surface area contributed by atoms with Crippen molar-refractivity contribution in [3.8, 4) is 6.57 Å². The summed E-state index contributed by atoms with van der Waals surface area (Å²) in [5, 5.41) is 6.50. The van der Waals surface area contributed by atoms with Gasteiger partial charge in [-0.1, -0.05) is 38.1 Å². The predicted octanol–water partition coefficient (Wildman–Crippen LogP) is 2.76.